The summed E-state index contributed by atoms with van der Waals surface area (Å²) in [6, 6.07) is 13.9. The first-order valence-electron chi connectivity index (χ1n) is 8.21. The summed E-state index contributed by atoms with van der Waals surface area (Å²) in [5.74, 6) is -0.195. The molecule has 0 bridgehead atoms. The Morgan fingerprint density at radius 2 is 1.62 bits per heavy atom. The maximum absolute atomic E-state index is 12.3. The fraction of sp³-hybridized carbons (Fsp3) is 0.333. The van der Waals surface area contributed by atoms with Gasteiger partial charge in [-0.2, -0.15) is 5.10 Å². The smallest absolute Gasteiger partial charge is 0.267 e. The van der Waals surface area contributed by atoms with Crippen molar-refractivity contribution >= 4 is 11.6 Å². The molecule has 0 saturated heterocycles. The van der Waals surface area contributed by atoms with Gasteiger partial charge in [-0.05, 0) is 49.4 Å². The molecule has 0 saturated carbocycles. The minimum absolute atomic E-state index is 0.0761. The maximum atomic E-state index is 12.3. The Balaban J connectivity index is 2.11. The summed E-state index contributed by atoms with van der Waals surface area (Å²) in [6.07, 6.45) is 0. The molecule has 0 spiro atoms. The number of benzene rings is 2. The normalized spacial score (nSPS) is 12.2. The van der Waals surface area contributed by atoms with E-state index in [4.69, 9.17) is 0 Å². The molecule has 0 aromatic heterocycles. The van der Waals surface area contributed by atoms with E-state index < -0.39 is 0 Å². The van der Waals surface area contributed by atoms with Crippen LogP contribution in [-0.2, 0) is 5.41 Å². The zero-order valence-corrected chi connectivity index (χ0v) is 15.4. The molecule has 1 amide bonds. The van der Waals surface area contributed by atoms with Gasteiger partial charge >= 0.3 is 0 Å². The number of carbonyl (C=O) groups is 1. The summed E-state index contributed by atoms with van der Waals surface area (Å²) >= 11 is 0. The van der Waals surface area contributed by atoms with Crippen molar-refractivity contribution in [2.24, 2.45) is 5.10 Å². The zero-order chi connectivity index (χ0) is 17.9. The number of hydrazone groups is 1. The van der Waals surface area contributed by atoms with Crippen LogP contribution in [0.15, 0.2) is 47.6 Å². The first-order chi connectivity index (χ1) is 11.2. The van der Waals surface area contributed by atoms with Crippen molar-refractivity contribution in [3.8, 4) is 0 Å². The lowest BCUT2D eigenvalue weighted by atomic mass is 9.87. The van der Waals surface area contributed by atoms with Crippen LogP contribution in [0.25, 0.3) is 0 Å². The topological polar surface area (TPSA) is 41.5 Å². The Kier molecular flexibility index (Phi) is 5.23. The molecule has 0 radical (unpaired) electrons. The molecular weight excluding hydrogens is 296 g/mol. The van der Waals surface area contributed by atoms with Gasteiger partial charge in [0.25, 0.3) is 5.91 Å². The Bertz CT molecular complexity index is 765. The number of aryl methyl sites for hydroxylation is 2. The van der Waals surface area contributed by atoms with Gasteiger partial charge in [0.2, 0.25) is 0 Å². The molecule has 0 aliphatic rings. The van der Waals surface area contributed by atoms with Crippen molar-refractivity contribution in [2.75, 3.05) is 0 Å². The highest BCUT2D eigenvalue weighted by Crippen LogP contribution is 2.22. The lowest BCUT2D eigenvalue weighted by molar-refractivity contribution is 0.0955. The zero-order valence-electron chi connectivity index (χ0n) is 15.4. The van der Waals surface area contributed by atoms with Crippen molar-refractivity contribution in [2.45, 2.75) is 47.0 Å². The second kappa shape index (κ2) is 7.00. The highest BCUT2D eigenvalue weighted by atomic mass is 16.2. The van der Waals surface area contributed by atoms with E-state index in [0.717, 1.165) is 16.8 Å². The minimum Gasteiger partial charge on any atom is -0.267 e. The van der Waals surface area contributed by atoms with Gasteiger partial charge in [-0.3, -0.25) is 4.79 Å². The summed E-state index contributed by atoms with van der Waals surface area (Å²) in [6.45, 7) is 12.5. The molecule has 0 heterocycles. The number of carbonyl (C=O) groups excluding carboxylic acids is 1. The quantitative estimate of drug-likeness (QED) is 0.643. The highest BCUT2D eigenvalue weighted by molar-refractivity contribution is 6.01. The fourth-order valence-electron chi connectivity index (χ4n) is 2.60. The van der Waals surface area contributed by atoms with Gasteiger partial charge in [-0.15, -0.1) is 0 Å². The summed E-state index contributed by atoms with van der Waals surface area (Å²) in [5, 5.41) is 4.25. The first kappa shape index (κ1) is 17.9. The van der Waals surface area contributed by atoms with Crippen LogP contribution in [0.2, 0.25) is 0 Å². The monoisotopic (exact) mass is 322 g/mol. The maximum Gasteiger partial charge on any atom is 0.271 e. The number of nitrogens with one attached hydrogen (secondary N) is 1. The van der Waals surface area contributed by atoms with E-state index in [2.05, 4.69) is 44.3 Å². The summed E-state index contributed by atoms with van der Waals surface area (Å²) in [4.78, 5) is 12.3. The molecule has 0 atom stereocenters. The lowest BCUT2D eigenvalue weighted by Gasteiger charge is -2.18. The SMILES string of the molecule is C/C(=N/NC(=O)c1ccc(C(C)(C)C)cc1)c1ccc(C)cc1C. The Morgan fingerprint density at radius 1 is 1.00 bits per heavy atom. The molecule has 24 heavy (non-hydrogen) atoms. The molecule has 0 aliphatic carbocycles. The van der Waals surface area contributed by atoms with Crippen molar-refractivity contribution in [3.63, 3.8) is 0 Å². The van der Waals surface area contributed by atoms with Gasteiger partial charge in [0.15, 0.2) is 0 Å². The third-order valence-corrected chi connectivity index (χ3v) is 4.11. The average Bonchev–Trinajstić information content (AvgIpc) is 2.51. The summed E-state index contributed by atoms with van der Waals surface area (Å²) in [5.41, 5.74) is 8.75. The van der Waals surface area contributed by atoms with E-state index >= 15 is 0 Å². The van der Waals surface area contributed by atoms with E-state index in [1.54, 1.807) is 0 Å². The van der Waals surface area contributed by atoms with Crippen molar-refractivity contribution in [1.29, 1.82) is 0 Å². The van der Waals surface area contributed by atoms with Gasteiger partial charge in [-0.1, -0.05) is 56.7 Å². The average molecular weight is 322 g/mol. The Labute approximate surface area is 144 Å². The second-order valence-corrected chi connectivity index (χ2v) is 7.28. The van der Waals surface area contributed by atoms with Crippen LogP contribution in [0.3, 0.4) is 0 Å². The standard InChI is InChI=1S/C21H26N2O/c1-14-7-12-19(15(2)13-14)16(3)22-23-20(24)17-8-10-18(11-9-17)21(4,5)6/h7-13H,1-6H3,(H,23,24)/b22-16-. The van der Waals surface area contributed by atoms with Crippen LogP contribution in [0.5, 0.6) is 0 Å². The van der Waals surface area contributed by atoms with Crippen LogP contribution in [0.4, 0.5) is 0 Å². The largest absolute Gasteiger partial charge is 0.271 e. The summed E-state index contributed by atoms with van der Waals surface area (Å²) < 4.78 is 0. The Hall–Kier alpha value is -2.42. The number of hydrogen-bond acceptors (Lipinski definition) is 2. The molecule has 2 rings (SSSR count). The van der Waals surface area contributed by atoms with E-state index in [-0.39, 0.29) is 11.3 Å². The molecule has 3 heteroatoms. The van der Waals surface area contributed by atoms with Crippen LogP contribution in [0, 0.1) is 13.8 Å². The molecular formula is C21H26N2O. The van der Waals surface area contributed by atoms with E-state index in [9.17, 15) is 4.79 Å². The van der Waals surface area contributed by atoms with Gasteiger partial charge in [-0.25, -0.2) is 5.43 Å². The van der Waals surface area contributed by atoms with E-state index in [1.807, 2.05) is 50.2 Å². The molecule has 2 aromatic rings. The van der Waals surface area contributed by atoms with Gasteiger partial charge < -0.3 is 0 Å². The van der Waals surface area contributed by atoms with E-state index in [1.165, 1.54) is 11.1 Å². The Morgan fingerprint density at radius 3 is 2.17 bits per heavy atom. The van der Waals surface area contributed by atoms with Crippen molar-refractivity contribution < 1.29 is 4.79 Å². The third kappa shape index (κ3) is 4.31. The molecule has 0 unspecified atom stereocenters. The summed E-state index contributed by atoms with van der Waals surface area (Å²) in [7, 11) is 0. The number of rotatable bonds is 3. The number of hydrogen-bond donors (Lipinski definition) is 1. The molecule has 126 valence electrons. The highest BCUT2D eigenvalue weighted by Gasteiger charge is 2.14. The molecule has 0 aliphatic heterocycles. The van der Waals surface area contributed by atoms with Gasteiger partial charge in [0.05, 0.1) is 5.71 Å². The van der Waals surface area contributed by atoms with Crippen LogP contribution in [0.1, 0.15) is 60.3 Å². The minimum atomic E-state index is -0.195. The first-order valence-corrected chi connectivity index (χ1v) is 8.21. The van der Waals surface area contributed by atoms with Crippen LogP contribution in [-0.4, -0.2) is 11.6 Å². The lowest BCUT2D eigenvalue weighted by Crippen LogP contribution is -2.20. The predicted octanol–water partition coefficient (Wildman–Crippen LogP) is 4.75. The van der Waals surface area contributed by atoms with Crippen molar-refractivity contribution in [3.05, 3.63) is 70.3 Å². The fourth-order valence-corrected chi connectivity index (χ4v) is 2.60. The molecule has 0 fully saturated rings. The number of nitrogens with zero attached hydrogens (tertiary/aromatic N) is 1. The van der Waals surface area contributed by atoms with Crippen LogP contribution < -0.4 is 5.43 Å². The second-order valence-electron chi connectivity index (χ2n) is 7.28. The van der Waals surface area contributed by atoms with E-state index in [0.29, 0.717) is 5.56 Å². The van der Waals surface area contributed by atoms with Crippen molar-refractivity contribution in [1.82, 2.24) is 5.43 Å². The van der Waals surface area contributed by atoms with Crippen LogP contribution >= 0.6 is 0 Å². The molecule has 3 nitrogen and oxygen atoms in total. The molecule has 1 N–H and O–H groups in total. The van der Waals surface area contributed by atoms with Gasteiger partial charge in [0.1, 0.15) is 0 Å². The third-order valence-electron chi connectivity index (χ3n) is 4.11. The number of amides is 1. The predicted molar refractivity (Wildman–Crippen MR) is 101 cm³/mol. The van der Waals surface area contributed by atoms with Gasteiger partial charge in [0, 0.05) is 11.1 Å². The molecule has 2 aromatic carbocycles.